The molecule has 1 aromatic heterocycles. The number of aromatic nitrogens is 1. The van der Waals surface area contributed by atoms with Crippen LogP contribution < -0.4 is 4.74 Å². The number of benzene rings is 2. The van der Waals surface area contributed by atoms with E-state index in [1.165, 1.54) is 12.3 Å². The summed E-state index contributed by atoms with van der Waals surface area (Å²) in [7, 11) is 0. The highest BCUT2D eigenvalue weighted by molar-refractivity contribution is 6.30. The van der Waals surface area contributed by atoms with Crippen LogP contribution in [0.1, 0.15) is 26.3 Å². The van der Waals surface area contributed by atoms with Crippen molar-refractivity contribution in [3.05, 3.63) is 101 Å². The largest absolute Gasteiger partial charge is 0.422 e. The Kier molecular flexibility index (Phi) is 5.56. The van der Waals surface area contributed by atoms with Crippen molar-refractivity contribution in [2.24, 2.45) is 0 Å². The molecule has 0 atom stereocenters. The Hall–Kier alpha value is -3.24. The number of para-hydroxylation sites is 1. The minimum Gasteiger partial charge on any atom is -0.422 e. The first-order chi connectivity index (χ1) is 12.6. The summed E-state index contributed by atoms with van der Waals surface area (Å²) in [6.07, 6.45) is 6.06. The van der Waals surface area contributed by atoms with E-state index in [-0.39, 0.29) is 5.78 Å². The Labute approximate surface area is 155 Å². The lowest BCUT2D eigenvalue weighted by atomic mass is 10.1. The van der Waals surface area contributed by atoms with E-state index in [9.17, 15) is 9.59 Å². The molecular formula is C21H14ClNO3. The Morgan fingerprint density at radius 3 is 2.42 bits per heavy atom. The fraction of sp³-hybridized carbons (Fsp3) is 0. The van der Waals surface area contributed by atoms with E-state index >= 15 is 0 Å². The normalized spacial score (nSPS) is 10.7. The van der Waals surface area contributed by atoms with Gasteiger partial charge in [0.25, 0.3) is 0 Å². The second kappa shape index (κ2) is 8.23. The van der Waals surface area contributed by atoms with Crippen molar-refractivity contribution in [3.63, 3.8) is 0 Å². The first-order valence-electron chi connectivity index (χ1n) is 7.83. The van der Waals surface area contributed by atoms with Gasteiger partial charge in [0.05, 0.1) is 5.56 Å². The van der Waals surface area contributed by atoms with Gasteiger partial charge in [-0.25, -0.2) is 4.79 Å². The molecule has 0 saturated carbocycles. The van der Waals surface area contributed by atoms with Crippen molar-refractivity contribution in [1.82, 2.24) is 4.98 Å². The molecule has 26 heavy (non-hydrogen) atoms. The summed E-state index contributed by atoms with van der Waals surface area (Å²) in [4.78, 5) is 28.3. The first-order valence-corrected chi connectivity index (χ1v) is 8.20. The summed E-state index contributed by atoms with van der Waals surface area (Å²) in [6.45, 7) is 0. The molecule has 0 N–H and O–H groups in total. The maximum atomic E-state index is 12.2. The van der Waals surface area contributed by atoms with E-state index in [1.54, 1.807) is 72.9 Å². The number of halogens is 1. The number of ketones is 1. The van der Waals surface area contributed by atoms with E-state index in [1.807, 2.05) is 0 Å². The number of allylic oxidation sites excluding steroid dienone is 1. The van der Waals surface area contributed by atoms with Gasteiger partial charge in [-0.2, -0.15) is 0 Å². The van der Waals surface area contributed by atoms with Crippen LogP contribution in [0.5, 0.6) is 5.75 Å². The molecule has 3 rings (SSSR count). The number of pyridine rings is 1. The highest BCUT2D eigenvalue weighted by Crippen LogP contribution is 2.21. The monoisotopic (exact) mass is 363 g/mol. The smallest absolute Gasteiger partial charge is 0.345 e. The molecule has 1 heterocycles. The minimum atomic E-state index is -0.511. The summed E-state index contributed by atoms with van der Waals surface area (Å²) in [6, 6.07) is 16.9. The zero-order chi connectivity index (χ0) is 18.4. The highest BCUT2D eigenvalue weighted by atomic mass is 35.5. The molecule has 128 valence electrons. The van der Waals surface area contributed by atoms with Gasteiger partial charge in [-0.1, -0.05) is 29.8 Å². The maximum Gasteiger partial charge on any atom is 0.345 e. The van der Waals surface area contributed by atoms with E-state index < -0.39 is 5.97 Å². The van der Waals surface area contributed by atoms with Crippen molar-refractivity contribution < 1.29 is 14.3 Å². The predicted octanol–water partition coefficient (Wildman–Crippen LogP) is 4.85. The van der Waals surface area contributed by atoms with Gasteiger partial charge in [-0.05, 0) is 54.6 Å². The lowest BCUT2D eigenvalue weighted by molar-refractivity contribution is 0.0734. The number of ether oxygens (including phenoxy) is 1. The van der Waals surface area contributed by atoms with Crippen molar-refractivity contribution >= 4 is 29.4 Å². The van der Waals surface area contributed by atoms with Gasteiger partial charge in [-0.3, -0.25) is 9.78 Å². The summed E-state index contributed by atoms with van der Waals surface area (Å²) in [5.74, 6) is -0.320. The molecular weight excluding hydrogens is 350 g/mol. The molecule has 0 radical (unpaired) electrons. The molecule has 0 fully saturated rings. The summed E-state index contributed by atoms with van der Waals surface area (Å²) in [5, 5.41) is 0.568. The van der Waals surface area contributed by atoms with Gasteiger partial charge in [-0.15, -0.1) is 0 Å². The van der Waals surface area contributed by atoms with Gasteiger partial charge in [0.2, 0.25) is 0 Å². The van der Waals surface area contributed by atoms with Crippen molar-refractivity contribution in [2.75, 3.05) is 0 Å². The lowest BCUT2D eigenvalue weighted by Gasteiger charge is -2.07. The molecule has 0 amide bonds. The van der Waals surface area contributed by atoms with Crippen LogP contribution >= 0.6 is 11.6 Å². The lowest BCUT2D eigenvalue weighted by Crippen LogP contribution is -2.09. The number of nitrogens with zero attached hydrogens (tertiary/aromatic N) is 1. The van der Waals surface area contributed by atoms with Crippen LogP contribution in [0.3, 0.4) is 0 Å². The number of rotatable bonds is 5. The summed E-state index contributed by atoms with van der Waals surface area (Å²) in [5.41, 5.74) is 1.49. The Morgan fingerprint density at radius 2 is 1.69 bits per heavy atom. The molecule has 0 unspecified atom stereocenters. The standard InChI is InChI=1S/C21H14ClNO3/c22-18-10-7-15(8-11-18)19(24)12-9-16-4-1-2-6-20(16)26-21(25)17-5-3-13-23-14-17/h1-14H/b12-9-. The average Bonchev–Trinajstić information content (AvgIpc) is 2.68. The fourth-order valence-corrected chi connectivity index (χ4v) is 2.36. The molecule has 2 aromatic carbocycles. The van der Waals surface area contributed by atoms with E-state index in [0.29, 0.717) is 27.5 Å². The van der Waals surface area contributed by atoms with Gasteiger partial charge >= 0.3 is 5.97 Å². The van der Waals surface area contributed by atoms with E-state index in [4.69, 9.17) is 16.3 Å². The van der Waals surface area contributed by atoms with Crippen molar-refractivity contribution in [2.45, 2.75) is 0 Å². The quantitative estimate of drug-likeness (QED) is 0.281. The highest BCUT2D eigenvalue weighted by Gasteiger charge is 2.10. The zero-order valence-corrected chi connectivity index (χ0v) is 14.4. The third-order valence-electron chi connectivity index (χ3n) is 3.56. The van der Waals surface area contributed by atoms with E-state index in [0.717, 1.165) is 0 Å². The van der Waals surface area contributed by atoms with Gasteiger partial charge < -0.3 is 4.74 Å². The van der Waals surface area contributed by atoms with Crippen LogP contribution in [0.4, 0.5) is 0 Å². The number of esters is 1. The predicted molar refractivity (Wildman–Crippen MR) is 100 cm³/mol. The van der Waals surface area contributed by atoms with Gasteiger partial charge in [0, 0.05) is 28.5 Å². The van der Waals surface area contributed by atoms with E-state index in [2.05, 4.69) is 4.98 Å². The molecule has 4 nitrogen and oxygen atoms in total. The second-order valence-corrected chi connectivity index (χ2v) is 5.81. The van der Waals surface area contributed by atoms with Crippen LogP contribution in [0.2, 0.25) is 5.02 Å². The van der Waals surface area contributed by atoms with Crippen LogP contribution in [0, 0.1) is 0 Å². The van der Waals surface area contributed by atoms with Crippen LogP contribution in [-0.2, 0) is 0 Å². The molecule has 5 heteroatoms. The van der Waals surface area contributed by atoms with Crippen molar-refractivity contribution in [3.8, 4) is 5.75 Å². The van der Waals surface area contributed by atoms with Gasteiger partial charge in [0.1, 0.15) is 5.75 Å². The average molecular weight is 364 g/mol. The Balaban J connectivity index is 1.77. The summed E-state index contributed by atoms with van der Waals surface area (Å²) >= 11 is 5.83. The number of hydrogen-bond donors (Lipinski definition) is 0. The molecule has 0 aliphatic heterocycles. The molecule has 3 aromatic rings. The number of hydrogen-bond acceptors (Lipinski definition) is 4. The zero-order valence-electron chi connectivity index (χ0n) is 13.6. The minimum absolute atomic E-state index is 0.171. The maximum absolute atomic E-state index is 12.2. The van der Waals surface area contributed by atoms with Crippen LogP contribution in [-0.4, -0.2) is 16.7 Å². The van der Waals surface area contributed by atoms with Gasteiger partial charge in [0.15, 0.2) is 5.78 Å². The third-order valence-corrected chi connectivity index (χ3v) is 3.81. The molecule has 0 bridgehead atoms. The number of carbonyl (C=O) groups is 2. The molecule has 0 spiro atoms. The Bertz CT molecular complexity index is 951. The third kappa shape index (κ3) is 4.43. The van der Waals surface area contributed by atoms with Crippen molar-refractivity contribution in [1.29, 1.82) is 0 Å². The SMILES string of the molecule is O=C(/C=C\c1ccccc1OC(=O)c1cccnc1)c1ccc(Cl)cc1. The van der Waals surface area contributed by atoms with Crippen LogP contribution in [0.25, 0.3) is 6.08 Å². The first kappa shape index (κ1) is 17.6. The molecule has 0 aliphatic carbocycles. The Morgan fingerprint density at radius 1 is 0.923 bits per heavy atom. The molecule has 0 aliphatic rings. The fourth-order valence-electron chi connectivity index (χ4n) is 2.23. The van der Waals surface area contributed by atoms with Crippen LogP contribution in [0.15, 0.2) is 79.1 Å². The number of carbonyl (C=O) groups excluding carboxylic acids is 2. The summed E-state index contributed by atoms with van der Waals surface area (Å²) < 4.78 is 5.43. The topological polar surface area (TPSA) is 56.3 Å². The second-order valence-electron chi connectivity index (χ2n) is 5.37. The molecule has 0 saturated heterocycles.